The van der Waals surface area contributed by atoms with Gasteiger partial charge in [-0.15, -0.1) is 24.8 Å². The number of nitrogens with one attached hydrogen (secondary N) is 2. The van der Waals surface area contributed by atoms with Crippen LogP contribution in [0, 0.1) is 0 Å². The third-order valence-electron chi connectivity index (χ3n) is 4.25. The van der Waals surface area contributed by atoms with E-state index in [0.717, 1.165) is 17.0 Å². The maximum Gasteiger partial charge on any atom is 0.237 e. The highest BCUT2D eigenvalue weighted by atomic mass is 35.5. The van der Waals surface area contributed by atoms with Crippen molar-refractivity contribution < 1.29 is 14.6 Å². The quantitative estimate of drug-likeness (QED) is 0.676. The molecule has 3 N–H and O–H groups in total. The number of aliphatic hydroxyl groups is 1. The minimum Gasteiger partial charge on any atom is -0.487 e. The zero-order chi connectivity index (χ0) is 17.6. The van der Waals surface area contributed by atoms with Crippen molar-refractivity contribution in [3.63, 3.8) is 0 Å². The molecule has 1 aliphatic rings. The molecule has 1 aliphatic heterocycles. The number of hydrogen-bond acceptors (Lipinski definition) is 5. The van der Waals surface area contributed by atoms with Crippen molar-refractivity contribution in [2.24, 2.45) is 0 Å². The topological polar surface area (TPSA) is 83.5 Å². The van der Waals surface area contributed by atoms with Gasteiger partial charge in [0, 0.05) is 12.7 Å². The Kier molecular flexibility index (Phi) is 9.52. The summed E-state index contributed by atoms with van der Waals surface area (Å²) in [4.78, 5) is 16.5. The van der Waals surface area contributed by atoms with Crippen LogP contribution in [-0.4, -0.2) is 34.7 Å². The van der Waals surface area contributed by atoms with Gasteiger partial charge in [0.15, 0.2) is 0 Å². The molecular weight excluding hydrogens is 389 g/mol. The molecule has 1 amide bonds. The molecule has 1 fully saturated rings. The van der Waals surface area contributed by atoms with Crippen LogP contribution >= 0.6 is 24.8 Å². The Morgan fingerprint density at radius 1 is 1.33 bits per heavy atom. The van der Waals surface area contributed by atoms with E-state index in [1.165, 1.54) is 0 Å². The number of carbonyl (C=O) groups excluding carboxylic acids is 1. The first kappa shape index (κ1) is 23.2. The maximum atomic E-state index is 12.2. The van der Waals surface area contributed by atoms with Gasteiger partial charge in [0.2, 0.25) is 5.91 Å². The van der Waals surface area contributed by atoms with Crippen LogP contribution in [0.2, 0.25) is 0 Å². The summed E-state index contributed by atoms with van der Waals surface area (Å²) < 4.78 is 5.78. The summed E-state index contributed by atoms with van der Waals surface area (Å²) in [6.45, 7) is 2.79. The molecule has 0 radical (unpaired) electrons. The molecule has 2 heterocycles. The minimum absolute atomic E-state index is 0. The third-order valence-corrected chi connectivity index (χ3v) is 4.25. The van der Waals surface area contributed by atoms with Gasteiger partial charge in [-0.2, -0.15) is 0 Å². The van der Waals surface area contributed by atoms with Crippen LogP contribution in [0.3, 0.4) is 0 Å². The maximum absolute atomic E-state index is 12.2. The van der Waals surface area contributed by atoms with Crippen LogP contribution in [-0.2, 0) is 11.4 Å². The number of carbonyl (C=O) groups is 1. The number of halogens is 2. The number of pyridine rings is 1. The van der Waals surface area contributed by atoms with Gasteiger partial charge in [0.25, 0.3) is 0 Å². The first-order chi connectivity index (χ1) is 12.1. The number of rotatable bonds is 6. The summed E-state index contributed by atoms with van der Waals surface area (Å²) in [5.41, 5.74) is 1.82. The third kappa shape index (κ3) is 6.66. The largest absolute Gasteiger partial charge is 0.487 e. The molecule has 27 heavy (non-hydrogen) atoms. The zero-order valence-corrected chi connectivity index (χ0v) is 16.6. The molecule has 2 aromatic rings. The minimum atomic E-state index is -0.450. The van der Waals surface area contributed by atoms with Crippen molar-refractivity contribution in [2.45, 2.75) is 38.1 Å². The lowest BCUT2D eigenvalue weighted by Gasteiger charge is -2.18. The van der Waals surface area contributed by atoms with E-state index in [4.69, 9.17) is 4.74 Å². The van der Waals surface area contributed by atoms with E-state index in [1.807, 2.05) is 49.4 Å². The van der Waals surface area contributed by atoms with Crippen LogP contribution in [0.4, 0.5) is 0 Å². The number of β-amino-alcohol motifs (C(OH)–C–C–N with tert-alkyl or cyclic N) is 1. The Bertz CT molecular complexity index is 718. The Balaban J connectivity index is 0.00000182. The van der Waals surface area contributed by atoms with Crippen LogP contribution in [0.15, 0.2) is 48.7 Å². The van der Waals surface area contributed by atoms with Crippen molar-refractivity contribution in [2.75, 3.05) is 6.54 Å². The lowest BCUT2D eigenvalue weighted by atomic mass is 10.1. The van der Waals surface area contributed by atoms with Gasteiger partial charge in [0.1, 0.15) is 12.4 Å². The van der Waals surface area contributed by atoms with Gasteiger partial charge in [-0.1, -0.05) is 18.2 Å². The van der Waals surface area contributed by atoms with E-state index in [9.17, 15) is 9.90 Å². The van der Waals surface area contributed by atoms with E-state index < -0.39 is 6.10 Å². The predicted octanol–water partition coefficient (Wildman–Crippen LogP) is 2.40. The second-order valence-corrected chi connectivity index (χ2v) is 6.26. The Morgan fingerprint density at radius 3 is 2.81 bits per heavy atom. The number of hydrogen-bond donors (Lipinski definition) is 3. The van der Waals surface area contributed by atoms with Crippen molar-refractivity contribution in [1.29, 1.82) is 0 Å². The molecule has 1 saturated heterocycles. The highest BCUT2D eigenvalue weighted by molar-refractivity contribution is 5.85. The second-order valence-electron chi connectivity index (χ2n) is 6.26. The molecule has 0 spiro atoms. The second kappa shape index (κ2) is 11.1. The molecule has 148 valence electrons. The van der Waals surface area contributed by atoms with Crippen LogP contribution < -0.4 is 15.4 Å². The highest BCUT2D eigenvalue weighted by Gasteiger charge is 2.28. The number of benzene rings is 1. The summed E-state index contributed by atoms with van der Waals surface area (Å²) in [5.74, 6) is 0.641. The molecule has 6 nitrogen and oxygen atoms in total. The van der Waals surface area contributed by atoms with E-state index in [2.05, 4.69) is 15.6 Å². The standard InChI is InChI=1S/C19H23N3O3.2ClH/c1-13(22-19(24)18-10-16(23)11-21-18)14-5-4-7-17(9-14)25-12-15-6-2-3-8-20-15;;/h2-9,13,16,18,21,23H,10-12H2,1H3,(H,22,24);2*1H. The van der Waals surface area contributed by atoms with Gasteiger partial charge in [0.05, 0.1) is 23.9 Å². The molecule has 3 rings (SSSR count). The zero-order valence-electron chi connectivity index (χ0n) is 15.0. The number of ether oxygens (including phenoxy) is 1. The number of nitrogens with zero attached hydrogens (tertiary/aromatic N) is 1. The SMILES string of the molecule is CC(NC(=O)C1CC(O)CN1)c1cccc(OCc2ccccn2)c1.Cl.Cl. The average molecular weight is 414 g/mol. The highest BCUT2D eigenvalue weighted by Crippen LogP contribution is 2.20. The summed E-state index contributed by atoms with van der Waals surface area (Å²) in [5, 5.41) is 15.5. The monoisotopic (exact) mass is 413 g/mol. The van der Waals surface area contributed by atoms with Gasteiger partial charge in [-0.05, 0) is 43.2 Å². The van der Waals surface area contributed by atoms with E-state index in [-0.39, 0.29) is 42.8 Å². The normalized spacial score (nSPS) is 19.3. The molecule has 0 saturated carbocycles. The lowest BCUT2D eigenvalue weighted by Crippen LogP contribution is -2.41. The molecule has 1 aromatic carbocycles. The van der Waals surface area contributed by atoms with Crippen molar-refractivity contribution in [3.8, 4) is 5.75 Å². The Hall–Kier alpha value is -1.86. The van der Waals surface area contributed by atoms with Gasteiger partial charge >= 0.3 is 0 Å². The van der Waals surface area contributed by atoms with E-state index in [1.54, 1.807) is 6.20 Å². The number of aromatic nitrogens is 1. The Morgan fingerprint density at radius 2 is 2.15 bits per heavy atom. The van der Waals surface area contributed by atoms with Gasteiger partial charge in [-0.25, -0.2) is 0 Å². The number of amides is 1. The Labute approximate surface area is 171 Å². The molecule has 8 heteroatoms. The fraction of sp³-hybridized carbons (Fsp3) is 0.368. The summed E-state index contributed by atoms with van der Waals surface area (Å²) in [6, 6.07) is 12.9. The molecule has 0 aliphatic carbocycles. The average Bonchev–Trinajstić information content (AvgIpc) is 3.08. The molecule has 3 unspecified atom stereocenters. The van der Waals surface area contributed by atoms with Crippen LogP contribution in [0.25, 0.3) is 0 Å². The van der Waals surface area contributed by atoms with Crippen LogP contribution in [0.1, 0.15) is 30.6 Å². The lowest BCUT2D eigenvalue weighted by molar-refractivity contribution is -0.123. The summed E-state index contributed by atoms with van der Waals surface area (Å²) in [7, 11) is 0. The fourth-order valence-corrected chi connectivity index (χ4v) is 2.83. The van der Waals surface area contributed by atoms with Crippen LogP contribution in [0.5, 0.6) is 5.75 Å². The van der Waals surface area contributed by atoms with Crippen molar-refractivity contribution >= 4 is 30.7 Å². The molecule has 0 bridgehead atoms. The predicted molar refractivity (Wildman–Crippen MR) is 108 cm³/mol. The first-order valence-electron chi connectivity index (χ1n) is 8.46. The van der Waals surface area contributed by atoms with Gasteiger partial charge in [-0.3, -0.25) is 9.78 Å². The molecular formula is C19H25Cl2N3O3. The van der Waals surface area contributed by atoms with Crippen molar-refractivity contribution in [1.82, 2.24) is 15.6 Å². The first-order valence-corrected chi connectivity index (χ1v) is 8.46. The van der Waals surface area contributed by atoms with E-state index >= 15 is 0 Å². The summed E-state index contributed by atoms with van der Waals surface area (Å²) in [6.07, 6.45) is 1.74. The smallest absolute Gasteiger partial charge is 0.237 e. The van der Waals surface area contributed by atoms with Gasteiger partial charge < -0.3 is 20.5 Å². The number of aliphatic hydroxyl groups excluding tert-OH is 1. The van der Waals surface area contributed by atoms with Crippen molar-refractivity contribution in [3.05, 3.63) is 59.9 Å². The fourth-order valence-electron chi connectivity index (χ4n) is 2.83. The summed E-state index contributed by atoms with van der Waals surface area (Å²) >= 11 is 0. The van der Waals surface area contributed by atoms with E-state index in [0.29, 0.717) is 19.6 Å². The molecule has 1 aromatic heterocycles. The molecule has 3 atom stereocenters.